The Balaban J connectivity index is 1.40. The molecule has 1 fully saturated rings. The summed E-state index contributed by atoms with van der Waals surface area (Å²) in [6, 6.07) is 13.7. The van der Waals surface area contributed by atoms with Crippen molar-refractivity contribution in [2.45, 2.75) is 51.6 Å². The Labute approximate surface area is 240 Å². The summed E-state index contributed by atoms with van der Waals surface area (Å²) >= 11 is 0. The maximum absolute atomic E-state index is 14.4. The third-order valence-corrected chi connectivity index (χ3v) is 7.88. The number of amides is 5. The van der Waals surface area contributed by atoms with Crippen LogP contribution in [0.3, 0.4) is 0 Å². The number of rotatable bonds is 9. The number of urea groups is 1. The van der Waals surface area contributed by atoms with Crippen molar-refractivity contribution in [2.24, 2.45) is 0 Å². The Morgan fingerprint density at radius 3 is 2.44 bits per heavy atom. The molecule has 1 saturated heterocycles. The number of halogens is 1. The zero-order valence-electron chi connectivity index (χ0n) is 23.9. The van der Waals surface area contributed by atoms with Crippen LogP contribution < -0.4 is 5.32 Å². The number of para-hydroxylation sites is 1. The van der Waals surface area contributed by atoms with Gasteiger partial charge in [0, 0.05) is 62.6 Å². The van der Waals surface area contributed by atoms with Gasteiger partial charge in [0.05, 0.1) is 0 Å². The Kier molecular flexibility index (Phi) is 9.75. The van der Waals surface area contributed by atoms with E-state index in [0.29, 0.717) is 44.4 Å². The van der Waals surface area contributed by atoms with E-state index in [-0.39, 0.29) is 48.5 Å². The highest BCUT2D eigenvalue weighted by molar-refractivity contribution is 5.94. The summed E-state index contributed by atoms with van der Waals surface area (Å²) in [6.45, 7) is 4.98. The number of nitrogens with zero attached hydrogens (tertiary/aromatic N) is 4. The summed E-state index contributed by atoms with van der Waals surface area (Å²) < 4.78 is 14.4. The molecule has 0 unspecified atom stereocenters. The normalized spacial score (nSPS) is 16.1. The summed E-state index contributed by atoms with van der Waals surface area (Å²) in [5.41, 5.74) is 2.47. The number of piperidine rings is 1. The van der Waals surface area contributed by atoms with E-state index in [0.717, 1.165) is 22.6 Å². The molecule has 2 heterocycles. The van der Waals surface area contributed by atoms with E-state index in [9.17, 15) is 23.6 Å². The average Bonchev–Trinajstić information content (AvgIpc) is 3.14. The molecule has 4 rings (SSSR count). The molecular weight excluding hydrogens is 525 g/mol. The first-order chi connectivity index (χ1) is 19.7. The molecule has 0 aromatic heterocycles. The van der Waals surface area contributed by atoms with Crippen molar-refractivity contribution >= 4 is 29.9 Å². The molecule has 2 aromatic rings. The van der Waals surface area contributed by atoms with E-state index in [4.69, 9.17) is 0 Å². The molecule has 5 amide bonds. The Morgan fingerprint density at radius 2 is 1.76 bits per heavy atom. The average molecular weight is 564 g/mol. The first kappa shape index (κ1) is 29.8. The monoisotopic (exact) mass is 563 g/mol. The van der Waals surface area contributed by atoms with E-state index in [2.05, 4.69) is 5.32 Å². The van der Waals surface area contributed by atoms with Gasteiger partial charge in [0.1, 0.15) is 12.4 Å². The second-order valence-corrected chi connectivity index (χ2v) is 10.9. The van der Waals surface area contributed by atoms with Gasteiger partial charge in [-0.3, -0.25) is 14.4 Å². The molecule has 10 heteroatoms. The number of carbonyl (C=O) groups excluding carboxylic acids is 4. The molecule has 0 radical (unpaired) electrons. The van der Waals surface area contributed by atoms with Crippen molar-refractivity contribution in [3.05, 3.63) is 77.2 Å². The fourth-order valence-electron chi connectivity index (χ4n) is 5.22. The number of likely N-dealkylation sites (N-methyl/N-ethyl adjacent to an activating group) is 1. The van der Waals surface area contributed by atoms with Gasteiger partial charge in [-0.05, 0) is 56.4 Å². The molecular formula is C31H38FN5O4. The minimum Gasteiger partial charge on any atom is -0.341 e. The third-order valence-electron chi connectivity index (χ3n) is 7.88. The lowest BCUT2D eigenvalue weighted by molar-refractivity contribution is -0.135. The van der Waals surface area contributed by atoms with Gasteiger partial charge in [0.2, 0.25) is 12.3 Å². The SMILES string of the molecule is CC(C)N(C)C(=O)/C(=C\N(C=O)CC(=O)N1CCC(N2CCc3ccccc3NC2=O)CC1)Cc1ccccc1F. The lowest BCUT2D eigenvalue weighted by atomic mass is 10.0. The van der Waals surface area contributed by atoms with Crippen molar-refractivity contribution < 1.29 is 23.6 Å². The molecule has 0 bridgehead atoms. The van der Waals surface area contributed by atoms with Crippen LogP contribution in [-0.4, -0.2) is 89.2 Å². The Bertz CT molecular complexity index is 1300. The van der Waals surface area contributed by atoms with Crippen LogP contribution in [0.25, 0.3) is 0 Å². The predicted octanol–water partition coefficient (Wildman–Crippen LogP) is 3.66. The maximum Gasteiger partial charge on any atom is 0.322 e. The molecule has 0 atom stereocenters. The summed E-state index contributed by atoms with van der Waals surface area (Å²) in [4.78, 5) is 57.5. The van der Waals surface area contributed by atoms with Crippen molar-refractivity contribution in [1.82, 2.24) is 19.6 Å². The fraction of sp³-hybridized carbons (Fsp3) is 0.419. The van der Waals surface area contributed by atoms with Gasteiger partial charge in [0.15, 0.2) is 0 Å². The number of anilines is 1. The Hall–Kier alpha value is -4.21. The zero-order valence-corrected chi connectivity index (χ0v) is 23.9. The van der Waals surface area contributed by atoms with Gasteiger partial charge in [-0.15, -0.1) is 0 Å². The van der Waals surface area contributed by atoms with Gasteiger partial charge in [-0.25, -0.2) is 9.18 Å². The van der Waals surface area contributed by atoms with Gasteiger partial charge >= 0.3 is 6.03 Å². The van der Waals surface area contributed by atoms with Crippen LogP contribution in [0.15, 0.2) is 60.3 Å². The highest BCUT2D eigenvalue weighted by Gasteiger charge is 2.31. The number of nitrogens with one attached hydrogen (secondary N) is 1. The van der Waals surface area contributed by atoms with Gasteiger partial charge in [-0.1, -0.05) is 36.4 Å². The van der Waals surface area contributed by atoms with Gasteiger partial charge in [-0.2, -0.15) is 0 Å². The molecule has 0 aliphatic carbocycles. The molecule has 0 saturated carbocycles. The second kappa shape index (κ2) is 13.4. The molecule has 9 nitrogen and oxygen atoms in total. The molecule has 41 heavy (non-hydrogen) atoms. The molecule has 0 spiro atoms. The lowest BCUT2D eigenvalue weighted by Gasteiger charge is -2.38. The summed E-state index contributed by atoms with van der Waals surface area (Å²) in [5, 5.41) is 3.00. The van der Waals surface area contributed by atoms with Crippen LogP contribution in [0, 0.1) is 5.82 Å². The maximum atomic E-state index is 14.4. The van der Waals surface area contributed by atoms with Crippen molar-refractivity contribution in [2.75, 3.05) is 38.5 Å². The largest absolute Gasteiger partial charge is 0.341 e. The van der Waals surface area contributed by atoms with Crippen LogP contribution in [0.2, 0.25) is 0 Å². The number of hydrogen-bond donors (Lipinski definition) is 1. The molecule has 218 valence electrons. The third kappa shape index (κ3) is 7.31. The number of benzene rings is 2. The zero-order chi connectivity index (χ0) is 29.5. The van der Waals surface area contributed by atoms with Crippen LogP contribution in [0.1, 0.15) is 37.8 Å². The molecule has 1 N–H and O–H groups in total. The highest BCUT2D eigenvalue weighted by Crippen LogP contribution is 2.25. The number of carbonyl (C=O) groups is 4. The second-order valence-electron chi connectivity index (χ2n) is 10.9. The fourth-order valence-corrected chi connectivity index (χ4v) is 5.22. The van der Waals surface area contributed by atoms with E-state index in [1.54, 1.807) is 30.1 Å². The van der Waals surface area contributed by atoms with E-state index >= 15 is 0 Å². The van der Waals surface area contributed by atoms with Crippen molar-refractivity contribution in [3.8, 4) is 0 Å². The first-order valence-corrected chi connectivity index (χ1v) is 14.0. The van der Waals surface area contributed by atoms with Crippen LogP contribution in [0.5, 0.6) is 0 Å². The molecule has 2 aromatic carbocycles. The van der Waals surface area contributed by atoms with Crippen LogP contribution in [0.4, 0.5) is 14.9 Å². The highest BCUT2D eigenvalue weighted by atomic mass is 19.1. The van der Waals surface area contributed by atoms with E-state index < -0.39 is 5.82 Å². The van der Waals surface area contributed by atoms with E-state index in [1.807, 2.05) is 43.0 Å². The topological polar surface area (TPSA) is 93.3 Å². The van der Waals surface area contributed by atoms with Gasteiger partial charge < -0.3 is 24.9 Å². The number of hydrogen-bond acceptors (Lipinski definition) is 4. The smallest absolute Gasteiger partial charge is 0.322 e. The quantitative estimate of drug-likeness (QED) is 0.372. The standard InChI is InChI=1S/C31H38FN5O4/c1-22(2)34(3)30(40)25(18-24-9-4-6-10-27(24)32)19-35(21-38)20-29(39)36-15-13-26(14-16-36)37-17-12-23-8-5-7-11-28(23)33-31(37)41/h4-11,19,21-22,26H,12-18,20H2,1-3H3,(H,33,41)/b25-19-. The van der Waals surface area contributed by atoms with E-state index in [1.165, 1.54) is 17.2 Å². The van der Waals surface area contributed by atoms with Crippen molar-refractivity contribution in [3.63, 3.8) is 0 Å². The van der Waals surface area contributed by atoms with Crippen LogP contribution in [-0.2, 0) is 27.2 Å². The predicted molar refractivity (Wildman–Crippen MR) is 154 cm³/mol. The van der Waals surface area contributed by atoms with Crippen molar-refractivity contribution in [1.29, 1.82) is 0 Å². The summed E-state index contributed by atoms with van der Waals surface area (Å²) in [5.74, 6) is -1.05. The number of fused-ring (bicyclic) bond motifs is 1. The summed E-state index contributed by atoms with van der Waals surface area (Å²) in [6.07, 6.45) is 3.85. The molecule has 2 aliphatic rings. The minimum absolute atomic E-state index is 0.00648. The first-order valence-electron chi connectivity index (χ1n) is 14.0. The summed E-state index contributed by atoms with van der Waals surface area (Å²) in [7, 11) is 1.64. The van der Waals surface area contributed by atoms with Gasteiger partial charge in [0.25, 0.3) is 5.91 Å². The minimum atomic E-state index is -0.447. The van der Waals surface area contributed by atoms with Crippen LogP contribution >= 0.6 is 0 Å². The Morgan fingerprint density at radius 1 is 1.07 bits per heavy atom. The number of likely N-dealkylation sites (tertiary alicyclic amines) is 1. The lowest BCUT2D eigenvalue weighted by Crippen LogP contribution is -2.51. The molecule has 2 aliphatic heterocycles.